The number of hydrogen-bond donors (Lipinski definition) is 1. The van der Waals surface area contributed by atoms with Gasteiger partial charge in [-0.15, -0.1) is 0 Å². The second-order valence-electron chi connectivity index (χ2n) is 7.19. The van der Waals surface area contributed by atoms with Crippen molar-refractivity contribution in [2.45, 2.75) is 32.1 Å². The van der Waals surface area contributed by atoms with Crippen LogP contribution in [0.1, 0.15) is 41.6 Å². The molecule has 26 heavy (non-hydrogen) atoms. The molecule has 0 aliphatic carbocycles. The highest BCUT2D eigenvalue weighted by Crippen LogP contribution is 2.31. The second kappa shape index (κ2) is 7.26. The highest BCUT2D eigenvalue weighted by molar-refractivity contribution is 7.92. The van der Waals surface area contributed by atoms with Gasteiger partial charge in [0, 0.05) is 31.6 Å². The number of nitrogens with zero attached hydrogens (tertiary/aromatic N) is 2. The molecular weight excluding hydrogens is 354 g/mol. The average Bonchev–Trinajstić information content (AvgIpc) is 3.03. The largest absolute Gasteiger partial charge is 0.370 e. The molecule has 0 radical (unpaired) electrons. The molecule has 0 saturated carbocycles. The molecule has 0 bridgehead atoms. The van der Waals surface area contributed by atoms with Gasteiger partial charge >= 0.3 is 0 Å². The molecule has 142 valence electrons. The molecule has 0 spiro atoms. The van der Waals surface area contributed by atoms with Crippen molar-refractivity contribution in [1.29, 1.82) is 0 Å². The van der Waals surface area contributed by atoms with Crippen molar-refractivity contribution in [2.24, 2.45) is 11.7 Å². The fourth-order valence-corrected chi connectivity index (χ4v) is 4.82. The summed E-state index contributed by atoms with van der Waals surface area (Å²) in [6, 6.07) is 5.25. The van der Waals surface area contributed by atoms with Crippen LogP contribution in [0.25, 0.3) is 0 Å². The Morgan fingerprint density at radius 1 is 1.27 bits per heavy atom. The van der Waals surface area contributed by atoms with Crippen LogP contribution in [0.5, 0.6) is 0 Å². The molecule has 2 amide bonds. The van der Waals surface area contributed by atoms with Crippen LogP contribution in [0.4, 0.5) is 5.69 Å². The zero-order valence-electron chi connectivity index (χ0n) is 15.0. The minimum absolute atomic E-state index is 0.0330. The van der Waals surface area contributed by atoms with E-state index in [1.165, 1.54) is 10.6 Å². The number of carbonyl (C=O) groups is 2. The SMILES string of the molecule is CS(=O)(=O)N1CCc2cc(C(=O)N3CCCC(CCC(N)=O)C3)ccc21. The van der Waals surface area contributed by atoms with Crippen LogP contribution < -0.4 is 10.0 Å². The predicted molar refractivity (Wildman–Crippen MR) is 99.4 cm³/mol. The summed E-state index contributed by atoms with van der Waals surface area (Å²) in [4.78, 5) is 25.7. The van der Waals surface area contributed by atoms with Crippen molar-refractivity contribution in [3.63, 3.8) is 0 Å². The zero-order valence-corrected chi connectivity index (χ0v) is 15.8. The summed E-state index contributed by atoms with van der Waals surface area (Å²) in [5.74, 6) is -0.0350. The summed E-state index contributed by atoms with van der Waals surface area (Å²) in [7, 11) is -3.29. The number of anilines is 1. The summed E-state index contributed by atoms with van der Waals surface area (Å²) in [5, 5.41) is 0. The molecule has 2 N–H and O–H groups in total. The fourth-order valence-electron chi connectivity index (χ4n) is 3.86. The Morgan fingerprint density at radius 3 is 2.73 bits per heavy atom. The number of carbonyl (C=O) groups excluding carboxylic acids is 2. The molecule has 2 aliphatic rings. The molecule has 1 aromatic carbocycles. The Bertz CT molecular complexity index is 822. The van der Waals surface area contributed by atoms with Crippen molar-refractivity contribution in [2.75, 3.05) is 30.2 Å². The van der Waals surface area contributed by atoms with E-state index in [9.17, 15) is 18.0 Å². The van der Waals surface area contributed by atoms with E-state index >= 15 is 0 Å². The molecule has 1 aromatic rings. The highest BCUT2D eigenvalue weighted by atomic mass is 32.2. The number of primary amides is 1. The van der Waals surface area contributed by atoms with Gasteiger partial charge in [-0.3, -0.25) is 13.9 Å². The van der Waals surface area contributed by atoms with E-state index in [-0.39, 0.29) is 11.8 Å². The predicted octanol–water partition coefficient (Wildman–Crippen LogP) is 1.13. The van der Waals surface area contributed by atoms with E-state index in [4.69, 9.17) is 5.73 Å². The molecule has 1 fully saturated rings. The third-order valence-corrected chi connectivity index (χ3v) is 6.36. The number of rotatable bonds is 5. The minimum atomic E-state index is -3.29. The van der Waals surface area contributed by atoms with Crippen LogP contribution >= 0.6 is 0 Å². The first-order valence-electron chi connectivity index (χ1n) is 8.94. The zero-order chi connectivity index (χ0) is 18.9. The molecule has 7 nitrogen and oxygen atoms in total. The third kappa shape index (κ3) is 4.00. The van der Waals surface area contributed by atoms with E-state index in [0.717, 1.165) is 18.4 Å². The molecule has 2 aliphatic heterocycles. The summed E-state index contributed by atoms with van der Waals surface area (Å²) in [5.41, 5.74) is 7.38. The van der Waals surface area contributed by atoms with Crippen molar-refractivity contribution in [1.82, 2.24) is 4.90 Å². The van der Waals surface area contributed by atoms with Crippen LogP contribution in [0.2, 0.25) is 0 Å². The first-order chi connectivity index (χ1) is 12.3. The van der Waals surface area contributed by atoms with Crippen molar-refractivity contribution >= 4 is 27.5 Å². The van der Waals surface area contributed by atoms with Crippen LogP contribution in [-0.4, -0.2) is 51.0 Å². The minimum Gasteiger partial charge on any atom is -0.370 e. The molecular formula is C18H25N3O4S. The first kappa shape index (κ1) is 18.7. The molecule has 8 heteroatoms. The first-order valence-corrected chi connectivity index (χ1v) is 10.8. The van der Waals surface area contributed by atoms with Crippen molar-refractivity contribution in [3.05, 3.63) is 29.3 Å². The Labute approximate surface area is 154 Å². The average molecular weight is 379 g/mol. The van der Waals surface area contributed by atoms with Crippen molar-refractivity contribution < 1.29 is 18.0 Å². The third-order valence-electron chi connectivity index (χ3n) is 5.18. The van der Waals surface area contributed by atoms with Crippen LogP contribution in [0.15, 0.2) is 18.2 Å². The second-order valence-corrected chi connectivity index (χ2v) is 9.10. The van der Waals surface area contributed by atoms with Gasteiger partial charge in [0.2, 0.25) is 15.9 Å². The van der Waals surface area contributed by atoms with Gasteiger partial charge < -0.3 is 10.6 Å². The number of likely N-dealkylation sites (tertiary alicyclic amines) is 1. The Morgan fingerprint density at radius 2 is 2.04 bits per heavy atom. The fraction of sp³-hybridized carbons (Fsp3) is 0.556. The van der Waals surface area contributed by atoms with E-state index in [1.54, 1.807) is 12.1 Å². The maximum Gasteiger partial charge on any atom is 0.253 e. The number of piperidine rings is 1. The Balaban J connectivity index is 1.72. The Hall–Kier alpha value is -2.09. The lowest BCUT2D eigenvalue weighted by Gasteiger charge is -2.33. The summed E-state index contributed by atoms with van der Waals surface area (Å²) < 4.78 is 25.0. The topological polar surface area (TPSA) is 101 Å². The normalized spacial score (nSPS) is 20.1. The quantitative estimate of drug-likeness (QED) is 0.828. The lowest BCUT2D eigenvalue weighted by Crippen LogP contribution is -2.40. The molecule has 1 unspecified atom stereocenters. The van der Waals surface area contributed by atoms with Gasteiger partial charge in [0.1, 0.15) is 0 Å². The smallest absolute Gasteiger partial charge is 0.253 e. The number of hydrogen-bond acceptors (Lipinski definition) is 4. The molecule has 1 atom stereocenters. The summed E-state index contributed by atoms with van der Waals surface area (Å²) >= 11 is 0. The van der Waals surface area contributed by atoms with Crippen LogP contribution in [-0.2, 0) is 21.2 Å². The number of nitrogens with two attached hydrogens (primary N) is 1. The molecule has 2 heterocycles. The lowest BCUT2D eigenvalue weighted by atomic mass is 9.92. The Kier molecular flexibility index (Phi) is 5.22. The van der Waals surface area contributed by atoms with E-state index in [0.29, 0.717) is 56.1 Å². The number of fused-ring (bicyclic) bond motifs is 1. The standard InChI is InChI=1S/C18H25N3O4S/c1-26(24,25)21-10-8-14-11-15(5-6-16(14)21)18(23)20-9-2-3-13(12-20)4-7-17(19)22/h5-6,11,13H,2-4,7-10,12H2,1H3,(H2,19,22). The van der Waals surface area contributed by atoms with E-state index in [1.807, 2.05) is 11.0 Å². The summed E-state index contributed by atoms with van der Waals surface area (Å²) in [6.45, 7) is 1.77. The number of amides is 2. The van der Waals surface area contributed by atoms with E-state index in [2.05, 4.69) is 0 Å². The van der Waals surface area contributed by atoms with Gasteiger partial charge in [-0.2, -0.15) is 0 Å². The van der Waals surface area contributed by atoms with Crippen LogP contribution in [0.3, 0.4) is 0 Å². The monoisotopic (exact) mass is 379 g/mol. The lowest BCUT2D eigenvalue weighted by molar-refractivity contribution is -0.118. The van der Waals surface area contributed by atoms with Crippen molar-refractivity contribution in [3.8, 4) is 0 Å². The maximum absolute atomic E-state index is 12.9. The van der Waals surface area contributed by atoms with Gasteiger partial charge in [-0.25, -0.2) is 8.42 Å². The van der Waals surface area contributed by atoms with Gasteiger partial charge in [-0.1, -0.05) is 0 Å². The van der Waals surface area contributed by atoms with E-state index < -0.39 is 10.0 Å². The number of benzene rings is 1. The van der Waals surface area contributed by atoms with Gasteiger partial charge in [0.25, 0.3) is 5.91 Å². The van der Waals surface area contributed by atoms with Crippen LogP contribution in [0, 0.1) is 5.92 Å². The molecule has 0 aromatic heterocycles. The van der Waals surface area contributed by atoms with Gasteiger partial charge in [-0.05, 0) is 55.4 Å². The number of sulfonamides is 1. The molecule has 1 saturated heterocycles. The maximum atomic E-state index is 12.9. The molecule has 3 rings (SSSR count). The highest BCUT2D eigenvalue weighted by Gasteiger charge is 2.29. The summed E-state index contributed by atoms with van der Waals surface area (Å²) in [6.07, 6.45) is 4.80. The van der Waals surface area contributed by atoms with Gasteiger partial charge in [0.15, 0.2) is 0 Å². The van der Waals surface area contributed by atoms with Gasteiger partial charge in [0.05, 0.1) is 11.9 Å².